The molecule has 2 aromatic carbocycles. The van der Waals surface area contributed by atoms with Gasteiger partial charge in [-0.05, 0) is 31.5 Å². The quantitative estimate of drug-likeness (QED) is 0.558. The average Bonchev–Trinajstić information content (AvgIpc) is 2.63. The summed E-state index contributed by atoms with van der Waals surface area (Å²) in [6, 6.07) is 14.2. The Labute approximate surface area is 152 Å². The van der Waals surface area contributed by atoms with E-state index in [9.17, 15) is 5.11 Å². The number of hydrogen-bond acceptors (Lipinski definition) is 3. The summed E-state index contributed by atoms with van der Waals surface area (Å²) in [5, 5.41) is 12.5. The summed E-state index contributed by atoms with van der Waals surface area (Å²) in [7, 11) is 2.08. The number of unbranched alkanes of at least 4 members (excludes halogenated alkanes) is 5. The molecule has 1 unspecified atom stereocenters. The average molecular weight is 344 g/mol. The fourth-order valence-corrected chi connectivity index (χ4v) is 3.17. The van der Waals surface area contributed by atoms with Gasteiger partial charge in [0.25, 0.3) is 0 Å². The summed E-state index contributed by atoms with van der Waals surface area (Å²) in [5.41, 5.74) is 0. The normalized spacial score (nSPS) is 12.6. The second-order valence-electron chi connectivity index (χ2n) is 6.97. The van der Waals surface area contributed by atoms with Crippen LogP contribution in [0.15, 0.2) is 42.5 Å². The third-order valence-electron chi connectivity index (χ3n) is 4.60. The van der Waals surface area contributed by atoms with Gasteiger partial charge in [0.05, 0.1) is 0 Å². The number of aliphatic hydroxyl groups is 1. The SMILES string of the molecule is CCCCCCCCN(C)CC(O)COc1cccc2ccccc12. The number of fused-ring (bicyclic) bond motifs is 1. The molecule has 25 heavy (non-hydrogen) atoms. The zero-order valence-corrected chi connectivity index (χ0v) is 15.8. The van der Waals surface area contributed by atoms with E-state index in [1.165, 1.54) is 38.5 Å². The molecule has 0 spiro atoms. The second-order valence-corrected chi connectivity index (χ2v) is 6.97. The minimum atomic E-state index is -0.468. The highest BCUT2D eigenvalue weighted by Gasteiger charge is 2.10. The first-order valence-corrected chi connectivity index (χ1v) is 9.68. The number of nitrogens with zero attached hydrogens (tertiary/aromatic N) is 1. The highest BCUT2D eigenvalue weighted by molar-refractivity contribution is 5.88. The molecule has 0 aromatic heterocycles. The van der Waals surface area contributed by atoms with E-state index in [4.69, 9.17) is 4.74 Å². The van der Waals surface area contributed by atoms with E-state index < -0.39 is 6.10 Å². The number of aliphatic hydroxyl groups excluding tert-OH is 1. The van der Waals surface area contributed by atoms with Gasteiger partial charge in [-0.25, -0.2) is 0 Å². The number of ether oxygens (including phenoxy) is 1. The van der Waals surface area contributed by atoms with E-state index in [1.54, 1.807) is 0 Å². The zero-order chi connectivity index (χ0) is 17.9. The summed E-state index contributed by atoms with van der Waals surface area (Å²) in [4.78, 5) is 2.21. The molecule has 0 fully saturated rings. The lowest BCUT2D eigenvalue weighted by molar-refractivity contribution is 0.0765. The monoisotopic (exact) mass is 343 g/mol. The molecule has 2 aromatic rings. The van der Waals surface area contributed by atoms with Crippen molar-refractivity contribution in [2.75, 3.05) is 26.7 Å². The van der Waals surface area contributed by atoms with E-state index in [0.717, 1.165) is 23.1 Å². The van der Waals surface area contributed by atoms with Crippen molar-refractivity contribution < 1.29 is 9.84 Å². The Hall–Kier alpha value is -1.58. The molecule has 3 nitrogen and oxygen atoms in total. The lowest BCUT2D eigenvalue weighted by atomic mass is 10.1. The maximum absolute atomic E-state index is 10.3. The van der Waals surface area contributed by atoms with Crippen molar-refractivity contribution in [2.45, 2.75) is 51.6 Å². The van der Waals surface area contributed by atoms with Gasteiger partial charge in [0.15, 0.2) is 0 Å². The van der Waals surface area contributed by atoms with Crippen LogP contribution >= 0.6 is 0 Å². The first kappa shape index (κ1) is 19.7. The summed E-state index contributed by atoms with van der Waals surface area (Å²) in [5.74, 6) is 0.843. The molecule has 0 saturated heterocycles. The fourth-order valence-electron chi connectivity index (χ4n) is 3.17. The second kappa shape index (κ2) is 11.1. The van der Waals surface area contributed by atoms with Crippen LogP contribution < -0.4 is 4.74 Å². The number of hydrogen-bond donors (Lipinski definition) is 1. The number of rotatable bonds is 12. The zero-order valence-electron chi connectivity index (χ0n) is 15.8. The minimum absolute atomic E-state index is 0.328. The van der Waals surface area contributed by atoms with Gasteiger partial charge >= 0.3 is 0 Å². The topological polar surface area (TPSA) is 32.7 Å². The van der Waals surface area contributed by atoms with Crippen LogP contribution in [0.5, 0.6) is 5.75 Å². The Morgan fingerprint density at radius 1 is 0.960 bits per heavy atom. The van der Waals surface area contributed by atoms with Crippen LogP contribution in [0.3, 0.4) is 0 Å². The van der Waals surface area contributed by atoms with E-state index in [2.05, 4.69) is 37.1 Å². The number of likely N-dealkylation sites (N-methyl/N-ethyl adjacent to an activating group) is 1. The molecule has 0 saturated carbocycles. The molecule has 1 N–H and O–H groups in total. The summed E-state index contributed by atoms with van der Waals surface area (Å²) in [6.07, 6.45) is 7.34. The van der Waals surface area contributed by atoms with Gasteiger partial charge in [0.1, 0.15) is 18.5 Å². The molecule has 0 aliphatic rings. The highest BCUT2D eigenvalue weighted by atomic mass is 16.5. The predicted octanol–water partition coefficient (Wildman–Crippen LogP) is 4.87. The fraction of sp³-hybridized carbons (Fsp3) is 0.545. The van der Waals surface area contributed by atoms with Crippen LogP contribution in [0, 0.1) is 0 Å². The van der Waals surface area contributed by atoms with E-state index >= 15 is 0 Å². The van der Waals surface area contributed by atoms with Gasteiger partial charge in [-0.3, -0.25) is 0 Å². The van der Waals surface area contributed by atoms with Gasteiger partial charge < -0.3 is 14.7 Å². The molecule has 0 radical (unpaired) electrons. The maximum atomic E-state index is 10.3. The lowest BCUT2D eigenvalue weighted by Crippen LogP contribution is -2.33. The van der Waals surface area contributed by atoms with Gasteiger partial charge in [0, 0.05) is 11.9 Å². The van der Waals surface area contributed by atoms with Crippen LogP contribution in [-0.2, 0) is 0 Å². The number of benzene rings is 2. The molecule has 0 bridgehead atoms. The molecular weight excluding hydrogens is 310 g/mol. The Morgan fingerprint density at radius 3 is 2.52 bits per heavy atom. The van der Waals surface area contributed by atoms with Crippen molar-refractivity contribution >= 4 is 10.8 Å². The molecule has 0 aliphatic carbocycles. The van der Waals surface area contributed by atoms with E-state index in [0.29, 0.717) is 13.2 Å². The van der Waals surface area contributed by atoms with Crippen LogP contribution in [0.25, 0.3) is 10.8 Å². The van der Waals surface area contributed by atoms with Crippen molar-refractivity contribution in [2.24, 2.45) is 0 Å². The Bertz CT molecular complexity index is 609. The Morgan fingerprint density at radius 2 is 1.68 bits per heavy atom. The largest absolute Gasteiger partial charge is 0.490 e. The van der Waals surface area contributed by atoms with E-state index in [1.807, 2.05) is 24.3 Å². The molecule has 0 aliphatic heterocycles. The molecule has 138 valence electrons. The standard InChI is InChI=1S/C22H33NO2/c1-3-4-5-6-7-10-16-23(2)17-20(24)18-25-22-15-11-13-19-12-8-9-14-21(19)22/h8-9,11-15,20,24H,3-7,10,16-18H2,1-2H3. The molecule has 3 heteroatoms. The van der Waals surface area contributed by atoms with Gasteiger partial charge in [-0.1, -0.05) is 75.4 Å². The highest BCUT2D eigenvalue weighted by Crippen LogP contribution is 2.25. The summed E-state index contributed by atoms with van der Waals surface area (Å²) >= 11 is 0. The van der Waals surface area contributed by atoms with Gasteiger partial charge in [0.2, 0.25) is 0 Å². The molecular formula is C22H33NO2. The van der Waals surface area contributed by atoms with Gasteiger partial charge in [-0.15, -0.1) is 0 Å². The van der Waals surface area contributed by atoms with Crippen LogP contribution in [0.4, 0.5) is 0 Å². The maximum Gasteiger partial charge on any atom is 0.127 e. The Balaban J connectivity index is 1.68. The van der Waals surface area contributed by atoms with Crippen molar-refractivity contribution in [3.8, 4) is 5.75 Å². The van der Waals surface area contributed by atoms with Crippen LogP contribution in [0.1, 0.15) is 45.4 Å². The molecule has 1 atom stereocenters. The summed E-state index contributed by atoms with van der Waals surface area (Å²) < 4.78 is 5.88. The van der Waals surface area contributed by atoms with Crippen molar-refractivity contribution in [3.63, 3.8) is 0 Å². The van der Waals surface area contributed by atoms with Crippen molar-refractivity contribution in [3.05, 3.63) is 42.5 Å². The van der Waals surface area contributed by atoms with Crippen molar-refractivity contribution in [1.82, 2.24) is 4.90 Å². The van der Waals surface area contributed by atoms with Gasteiger partial charge in [-0.2, -0.15) is 0 Å². The molecule has 0 amide bonds. The first-order valence-electron chi connectivity index (χ1n) is 9.68. The lowest BCUT2D eigenvalue weighted by Gasteiger charge is -2.21. The van der Waals surface area contributed by atoms with E-state index in [-0.39, 0.29) is 0 Å². The molecule has 0 heterocycles. The van der Waals surface area contributed by atoms with Crippen molar-refractivity contribution in [1.29, 1.82) is 0 Å². The third-order valence-corrected chi connectivity index (χ3v) is 4.60. The Kier molecular flexibility index (Phi) is 8.78. The minimum Gasteiger partial charge on any atom is -0.490 e. The first-order chi connectivity index (χ1) is 12.2. The van der Waals surface area contributed by atoms with Crippen LogP contribution in [0.2, 0.25) is 0 Å². The molecule has 2 rings (SSSR count). The summed E-state index contributed by atoms with van der Waals surface area (Å²) in [6.45, 7) is 4.27. The van der Waals surface area contributed by atoms with Crippen LogP contribution in [-0.4, -0.2) is 42.9 Å². The predicted molar refractivity (Wildman–Crippen MR) is 106 cm³/mol. The third kappa shape index (κ3) is 7.05. The smallest absolute Gasteiger partial charge is 0.127 e.